The Morgan fingerprint density at radius 1 is 1.32 bits per heavy atom. The molecule has 22 heavy (non-hydrogen) atoms. The number of allylic oxidation sites excluding steroid dienone is 2. The normalized spacial score (nSPS) is 24.2. The van der Waals surface area contributed by atoms with E-state index >= 15 is 0 Å². The van der Waals surface area contributed by atoms with Crippen molar-refractivity contribution in [3.05, 3.63) is 29.3 Å². The number of likely N-dealkylation sites (tertiary alicyclic amines) is 1. The fourth-order valence-corrected chi connectivity index (χ4v) is 3.17. The highest BCUT2D eigenvalue weighted by Gasteiger charge is 2.48. The molecule has 3 rings (SSSR count). The fourth-order valence-electron chi connectivity index (χ4n) is 2.91. The number of fused-ring (bicyclic) bond motifs is 1. The molecule has 0 aromatic heterocycles. The third-order valence-corrected chi connectivity index (χ3v) is 4.42. The number of hydrogen-bond acceptors (Lipinski definition) is 5. The Bertz CT molecular complexity index is 674. The van der Waals surface area contributed by atoms with E-state index in [1.807, 2.05) is 0 Å². The van der Waals surface area contributed by atoms with Gasteiger partial charge in [0.25, 0.3) is 0 Å². The molecular formula is C15H16ClN3O3. The molecule has 2 amide bonds. The molecule has 116 valence electrons. The van der Waals surface area contributed by atoms with Crippen molar-refractivity contribution in [1.82, 2.24) is 4.90 Å². The standard InChI is InChI=1S/C15H16ClN3O3/c16-8-1-3-10-11(5-8)15(22)19(14(10)21)7-18-12-4-2-9(17)6-13(12)20/h1-2,4,6,10-11,18,20H,3,5,7,17H2/t10-,11+/m1/s1. The highest BCUT2D eigenvalue weighted by Crippen LogP contribution is 2.38. The van der Waals surface area contributed by atoms with Crippen molar-refractivity contribution in [3.63, 3.8) is 0 Å². The summed E-state index contributed by atoms with van der Waals surface area (Å²) in [5.41, 5.74) is 6.41. The summed E-state index contributed by atoms with van der Waals surface area (Å²) in [6.45, 7) is 0.0137. The number of carbonyl (C=O) groups is 2. The minimum Gasteiger partial charge on any atom is -0.506 e. The molecule has 2 aliphatic rings. The molecular weight excluding hydrogens is 306 g/mol. The molecule has 1 aliphatic carbocycles. The molecule has 1 fully saturated rings. The maximum Gasteiger partial charge on any atom is 0.234 e. The summed E-state index contributed by atoms with van der Waals surface area (Å²) in [5.74, 6) is -1.13. The maximum atomic E-state index is 12.4. The zero-order valence-electron chi connectivity index (χ0n) is 11.8. The molecule has 0 bridgehead atoms. The van der Waals surface area contributed by atoms with E-state index in [1.165, 1.54) is 11.0 Å². The Balaban J connectivity index is 1.71. The predicted octanol–water partition coefficient (Wildman–Crippen LogP) is 1.86. The molecule has 1 heterocycles. The zero-order valence-corrected chi connectivity index (χ0v) is 12.5. The van der Waals surface area contributed by atoms with E-state index in [0.29, 0.717) is 29.2 Å². The summed E-state index contributed by atoms with van der Waals surface area (Å²) in [5, 5.41) is 13.3. The second kappa shape index (κ2) is 5.53. The smallest absolute Gasteiger partial charge is 0.234 e. The van der Waals surface area contributed by atoms with Crippen LogP contribution in [-0.4, -0.2) is 28.5 Å². The van der Waals surface area contributed by atoms with E-state index in [1.54, 1.807) is 18.2 Å². The topological polar surface area (TPSA) is 95.7 Å². The lowest BCUT2D eigenvalue weighted by molar-refractivity contribution is -0.139. The van der Waals surface area contributed by atoms with Gasteiger partial charge in [-0.05, 0) is 25.0 Å². The number of phenolic OH excluding ortho intramolecular Hbond substituents is 1. The van der Waals surface area contributed by atoms with Gasteiger partial charge in [-0.1, -0.05) is 17.7 Å². The van der Waals surface area contributed by atoms with Gasteiger partial charge in [0.2, 0.25) is 11.8 Å². The van der Waals surface area contributed by atoms with Crippen molar-refractivity contribution in [2.24, 2.45) is 11.8 Å². The molecule has 1 aromatic rings. The lowest BCUT2D eigenvalue weighted by atomic mass is 9.85. The van der Waals surface area contributed by atoms with Crippen LogP contribution in [0.25, 0.3) is 0 Å². The van der Waals surface area contributed by atoms with E-state index in [2.05, 4.69) is 5.32 Å². The summed E-state index contributed by atoms with van der Waals surface area (Å²) in [6, 6.07) is 4.62. The maximum absolute atomic E-state index is 12.4. The van der Waals surface area contributed by atoms with Gasteiger partial charge in [-0.2, -0.15) is 0 Å². The molecule has 1 saturated heterocycles. The van der Waals surface area contributed by atoms with Crippen LogP contribution in [0.2, 0.25) is 0 Å². The summed E-state index contributed by atoms with van der Waals surface area (Å²) in [6.07, 6.45) is 2.72. The molecule has 1 aromatic carbocycles. The van der Waals surface area contributed by atoms with Crippen LogP contribution < -0.4 is 11.1 Å². The van der Waals surface area contributed by atoms with Gasteiger partial charge in [-0.15, -0.1) is 0 Å². The van der Waals surface area contributed by atoms with Crippen molar-refractivity contribution in [2.75, 3.05) is 17.7 Å². The molecule has 7 heteroatoms. The van der Waals surface area contributed by atoms with E-state index in [4.69, 9.17) is 17.3 Å². The van der Waals surface area contributed by atoms with Gasteiger partial charge in [0.15, 0.2) is 0 Å². The SMILES string of the molecule is Nc1ccc(NCN2C(=O)[C@H]3CC(Cl)=CC[C@H]3C2=O)c(O)c1. The van der Waals surface area contributed by atoms with Crippen molar-refractivity contribution < 1.29 is 14.7 Å². The number of amides is 2. The Hall–Kier alpha value is -2.21. The number of carbonyl (C=O) groups excluding carboxylic acids is 2. The number of nitrogen functional groups attached to an aromatic ring is 1. The second-order valence-corrected chi connectivity index (χ2v) is 6.01. The lowest BCUT2D eigenvalue weighted by Crippen LogP contribution is -2.35. The van der Waals surface area contributed by atoms with Crippen LogP contribution in [0.3, 0.4) is 0 Å². The first-order chi connectivity index (χ1) is 10.5. The predicted molar refractivity (Wildman–Crippen MR) is 83.0 cm³/mol. The Morgan fingerprint density at radius 2 is 2.05 bits per heavy atom. The highest BCUT2D eigenvalue weighted by molar-refractivity contribution is 6.30. The molecule has 2 atom stereocenters. The van der Waals surface area contributed by atoms with Crippen LogP contribution in [-0.2, 0) is 9.59 Å². The quantitative estimate of drug-likeness (QED) is 0.448. The number of aromatic hydroxyl groups is 1. The van der Waals surface area contributed by atoms with Gasteiger partial charge < -0.3 is 16.2 Å². The van der Waals surface area contributed by atoms with Gasteiger partial charge in [0.1, 0.15) is 5.75 Å². The molecule has 4 N–H and O–H groups in total. The van der Waals surface area contributed by atoms with Crippen LogP contribution in [0.5, 0.6) is 5.75 Å². The van der Waals surface area contributed by atoms with Crippen LogP contribution in [0, 0.1) is 11.8 Å². The molecule has 0 spiro atoms. The Kier molecular flexibility index (Phi) is 3.70. The Labute approximate surface area is 132 Å². The van der Waals surface area contributed by atoms with E-state index < -0.39 is 0 Å². The summed E-state index contributed by atoms with van der Waals surface area (Å²) in [7, 11) is 0. The number of phenols is 1. The summed E-state index contributed by atoms with van der Waals surface area (Å²) < 4.78 is 0. The Morgan fingerprint density at radius 3 is 2.77 bits per heavy atom. The van der Waals surface area contributed by atoms with E-state index in [9.17, 15) is 14.7 Å². The van der Waals surface area contributed by atoms with Gasteiger partial charge in [0.05, 0.1) is 24.2 Å². The number of anilines is 2. The van der Waals surface area contributed by atoms with Crippen LogP contribution in [0.15, 0.2) is 29.3 Å². The first kappa shape index (κ1) is 14.7. The molecule has 0 unspecified atom stereocenters. The van der Waals surface area contributed by atoms with Crippen LogP contribution in [0.1, 0.15) is 12.8 Å². The average molecular weight is 322 g/mol. The summed E-state index contributed by atoms with van der Waals surface area (Å²) in [4.78, 5) is 25.9. The number of hydrogen-bond donors (Lipinski definition) is 3. The van der Waals surface area contributed by atoms with E-state index in [-0.39, 0.29) is 36.1 Å². The zero-order chi connectivity index (χ0) is 15.9. The van der Waals surface area contributed by atoms with Crippen LogP contribution >= 0.6 is 11.6 Å². The van der Waals surface area contributed by atoms with Crippen molar-refractivity contribution in [1.29, 1.82) is 0 Å². The number of nitrogens with zero attached hydrogens (tertiary/aromatic N) is 1. The number of nitrogens with two attached hydrogens (primary N) is 1. The number of benzene rings is 1. The molecule has 0 saturated carbocycles. The van der Waals surface area contributed by atoms with Gasteiger partial charge >= 0.3 is 0 Å². The van der Waals surface area contributed by atoms with Crippen molar-refractivity contribution in [3.8, 4) is 5.75 Å². The lowest BCUT2D eigenvalue weighted by Gasteiger charge is -2.17. The third kappa shape index (κ3) is 2.50. The van der Waals surface area contributed by atoms with Crippen molar-refractivity contribution in [2.45, 2.75) is 12.8 Å². The largest absolute Gasteiger partial charge is 0.506 e. The minimum atomic E-state index is -0.369. The minimum absolute atomic E-state index is 0.0137. The first-order valence-corrected chi connectivity index (χ1v) is 7.37. The molecule has 0 radical (unpaired) electrons. The van der Waals surface area contributed by atoms with Gasteiger partial charge in [-0.3, -0.25) is 14.5 Å². The number of rotatable bonds is 3. The van der Waals surface area contributed by atoms with E-state index in [0.717, 1.165) is 0 Å². The highest BCUT2D eigenvalue weighted by atomic mass is 35.5. The third-order valence-electron chi connectivity index (χ3n) is 4.11. The molecule has 6 nitrogen and oxygen atoms in total. The van der Waals surface area contributed by atoms with Crippen molar-refractivity contribution >= 4 is 34.8 Å². The first-order valence-electron chi connectivity index (χ1n) is 6.99. The van der Waals surface area contributed by atoms with Gasteiger partial charge in [0, 0.05) is 16.8 Å². The number of halogens is 1. The fraction of sp³-hybridized carbons (Fsp3) is 0.333. The number of nitrogens with one attached hydrogen (secondary N) is 1. The molecule has 1 aliphatic heterocycles. The number of imide groups is 1. The van der Waals surface area contributed by atoms with Gasteiger partial charge in [-0.25, -0.2) is 0 Å². The van der Waals surface area contributed by atoms with Crippen LogP contribution in [0.4, 0.5) is 11.4 Å². The second-order valence-electron chi connectivity index (χ2n) is 5.52. The monoisotopic (exact) mass is 321 g/mol. The average Bonchev–Trinajstić information content (AvgIpc) is 2.70. The summed E-state index contributed by atoms with van der Waals surface area (Å²) >= 11 is 5.97.